The molecule has 2 bridgehead atoms. The number of ether oxygens (including phenoxy) is 2. The van der Waals surface area contributed by atoms with Gasteiger partial charge in [-0.2, -0.15) is 10.2 Å². The minimum absolute atomic E-state index is 0.0121. The number of aryl methyl sites for hydroxylation is 1. The number of hydrogen-bond donors (Lipinski definition) is 2. The molecule has 1 unspecified atom stereocenters. The minimum atomic E-state index is -0.102. The van der Waals surface area contributed by atoms with Crippen molar-refractivity contribution < 1.29 is 14.6 Å². The van der Waals surface area contributed by atoms with Crippen LogP contribution in [0.25, 0.3) is 34.2 Å². The second kappa shape index (κ2) is 10.4. The third kappa shape index (κ3) is 4.86. The number of fused-ring (bicyclic) bond motifs is 4. The van der Waals surface area contributed by atoms with Gasteiger partial charge in [-0.25, -0.2) is 4.68 Å². The number of rotatable bonds is 5. The van der Waals surface area contributed by atoms with Gasteiger partial charge in [0.2, 0.25) is 11.8 Å². The maximum Gasteiger partial charge on any atom is 0.240 e. The first-order valence-corrected chi connectivity index (χ1v) is 12.8. The normalized spacial score (nSPS) is 17.3. The van der Waals surface area contributed by atoms with Gasteiger partial charge in [0, 0.05) is 31.6 Å². The van der Waals surface area contributed by atoms with E-state index in [-0.39, 0.29) is 18.8 Å². The van der Waals surface area contributed by atoms with E-state index in [4.69, 9.17) is 14.6 Å². The average Bonchev–Trinajstić information content (AvgIpc) is 3.53. The number of benzene rings is 1. The summed E-state index contributed by atoms with van der Waals surface area (Å²) in [6.45, 7) is 10.6. The van der Waals surface area contributed by atoms with E-state index in [1.807, 2.05) is 49.1 Å². The van der Waals surface area contributed by atoms with Crippen molar-refractivity contribution in [3.63, 3.8) is 0 Å². The lowest BCUT2D eigenvalue weighted by molar-refractivity contribution is 0.109. The van der Waals surface area contributed by atoms with Gasteiger partial charge < -0.3 is 14.6 Å². The molecule has 0 saturated carbocycles. The zero-order valence-electron chi connectivity index (χ0n) is 22.1. The Kier molecular flexibility index (Phi) is 7.03. The van der Waals surface area contributed by atoms with Crippen LogP contribution in [0.4, 0.5) is 0 Å². The van der Waals surface area contributed by atoms with Gasteiger partial charge in [-0.1, -0.05) is 6.07 Å². The van der Waals surface area contributed by atoms with Crippen LogP contribution in [0.15, 0.2) is 24.4 Å². The fourth-order valence-corrected chi connectivity index (χ4v) is 4.81. The third-order valence-electron chi connectivity index (χ3n) is 6.74. The van der Waals surface area contributed by atoms with Crippen LogP contribution in [0.1, 0.15) is 44.6 Å². The highest BCUT2D eigenvalue weighted by Crippen LogP contribution is 2.34. The minimum Gasteiger partial charge on any atom is -0.476 e. The van der Waals surface area contributed by atoms with E-state index in [0.717, 1.165) is 44.9 Å². The summed E-state index contributed by atoms with van der Waals surface area (Å²) >= 11 is 0. The molecule has 1 aliphatic heterocycles. The van der Waals surface area contributed by atoms with E-state index in [0.29, 0.717) is 32.1 Å². The van der Waals surface area contributed by atoms with Gasteiger partial charge in [0.1, 0.15) is 6.10 Å². The number of aromatic nitrogens is 6. The zero-order valence-corrected chi connectivity index (χ0v) is 22.1. The van der Waals surface area contributed by atoms with Crippen molar-refractivity contribution in [2.24, 2.45) is 7.05 Å². The van der Waals surface area contributed by atoms with Crippen LogP contribution in [-0.2, 0) is 20.1 Å². The maximum absolute atomic E-state index is 9.76. The lowest BCUT2D eigenvalue weighted by Gasteiger charge is -2.30. The van der Waals surface area contributed by atoms with E-state index in [1.165, 1.54) is 0 Å². The molecular formula is C27H35N7O3. The Bertz CT molecular complexity index is 1420. The molecule has 4 aromatic rings. The maximum atomic E-state index is 9.76. The second-order valence-electron chi connectivity index (χ2n) is 9.69. The molecule has 4 heterocycles. The fourth-order valence-electron chi connectivity index (χ4n) is 4.81. The Balaban J connectivity index is 1.71. The summed E-state index contributed by atoms with van der Waals surface area (Å²) in [4.78, 5) is 2.35. The highest BCUT2D eigenvalue weighted by molar-refractivity contribution is 5.93. The molecule has 37 heavy (non-hydrogen) atoms. The molecule has 1 aliphatic rings. The van der Waals surface area contributed by atoms with Gasteiger partial charge in [-0.05, 0) is 57.5 Å². The summed E-state index contributed by atoms with van der Waals surface area (Å²) in [7, 11) is 1.90. The van der Waals surface area contributed by atoms with Crippen molar-refractivity contribution in [2.75, 3.05) is 19.8 Å². The summed E-state index contributed by atoms with van der Waals surface area (Å²) in [5, 5.41) is 27.6. The monoisotopic (exact) mass is 505 g/mol. The van der Waals surface area contributed by atoms with Crippen LogP contribution in [0.2, 0.25) is 0 Å². The van der Waals surface area contributed by atoms with Gasteiger partial charge in [0.15, 0.2) is 0 Å². The van der Waals surface area contributed by atoms with Gasteiger partial charge in [0.25, 0.3) is 0 Å². The predicted molar refractivity (Wildman–Crippen MR) is 143 cm³/mol. The van der Waals surface area contributed by atoms with Crippen LogP contribution in [0.5, 0.6) is 11.8 Å². The Labute approximate surface area is 216 Å². The fraction of sp³-hybridized carbons (Fsp3) is 0.444. The van der Waals surface area contributed by atoms with Gasteiger partial charge in [0.05, 0.1) is 54.0 Å². The molecule has 10 nitrogen and oxygen atoms in total. The quantitative estimate of drug-likeness (QED) is 0.426. The van der Waals surface area contributed by atoms with Gasteiger partial charge in [-0.15, -0.1) is 5.10 Å². The summed E-state index contributed by atoms with van der Waals surface area (Å²) in [6, 6.07) is 6.42. The van der Waals surface area contributed by atoms with Crippen LogP contribution >= 0.6 is 0 Å². The molecule has 1 atom stereocenters. The van der Waals surface area contributed by atoms with Crippen molar-refractivity contribution in [1.29, 1.82) is 0 Å². The van der Waals surface area contributed by atoms with Crippen molar-refractivity contribution in [1.82, 2.24) is 34.7 Å². The molecule has 3 aromatic heterocycles. The lowest BCUT2D eigenvalue weighted by atomic mass is 10.1. The van der Waals surface area contributed by atoms with E-state index >= 15 is 0 Å². The van der Waals surface area contributed by atoms with Crippen LogP contribution in [-0.4, -0.2) is 71.7 Å². The van der Waals surface area contributed by atoms with Crippen molar-refractivity contribution in [3.8, 4) is 22.9 Å². The number of nitrogens with one attached hydrogen (secondary N) is 1. The molecule has 0 aliphatic carbocycles. The summed E-state index contributed by atoms with van der Waals surface area (Å²) in [5.74, 6) is 1.29. The molecular weight excluding hydrogens is 470 g/mol. The van der Waals surface area contributed by atoms with Gasteiger partial charge >= 0.3 is 0 Å². The summed E-state index contributed by atoms with van der Waals surface area (Å²) in [5.41, 5.74) is 5.60. The molecule has 2 N–H and O–H groups in total. The number of aliphatic hydroxyl groups excluding tert-OH is 1. The highest BCUT2D eigenvalue weighted by atomic mass is 16.5. The van der Waals surface area contributed by atoms with Crippen molar-refractivity contribution in [3.05, 3.63) is 41.3 Å². The van der Waals surface area contributed by atoms with E-state index in [1.54, 1.807) is 4.68 Å². The van der Waals surface area contributed by atoms with E-state index in [9.17, 15) is 5.11 Å². The largest absolute Gasteiger partial charge is 0.476 e. The number of nitrogens with zero attached hydrogens (tertiary/aromatic N) is 6. The standard InChI is InChI=1S/C27H35N7O3/c1-6-36-26-20-8-10-24-21-13-19(7-9-23(21)29-30-24)22-14-28-32(5)27(22)37-18(4)15-33(17(2)3)16-25(20)34(31-26)11-12-35/h7-10,13-14,17-18,35H,6,11-12,15-16H2,1-5H3,(H,29,30)/b10-8+. The molecule has 1 aromatic carbocycles. The molecule has 196 valence electrons. The first kappa shape index (κ1) is 25.0. The summed E-state index contributed by atoms with van der Waals surface area (Å²) < 4.78 is 16.1. The smallest absolute Gasteiger partial charge is 0.240 e. The number of hydrogen-bond acceptors (Lipinski definition) is 7. The van der Waals surface area contributed by atoms with E-state index in [2.05, 4.69) is 47.0 Å². The Morgan fingerprint density at radius 1 is 1.27 bits per heavy atom. The Morgan fingerprint density at radius 3 is 2.86 bits per heavy atom. The average molecular weight is 506 g/mol. The second-order valence-corrected chi connectivity index (χ2v) is 9.69. The third-order valence-corrected chi connectivity index (χ3v) is 6.74. The number of aromatic amines is 1. The molecule has 0 amide bonds. The van der Waals surface area contributed by atoms with Gasteiger partial charge in [-0.3, -0.25) is 14.7 Å². The Hall–Kier alpha value is -3.63. The summed E-state index contributed by atoms with van der Waals surface area (Å²) in [6.07, 6.45) is 5.81. The lowest BCUT2D eigenvalue weighted by Crippen LogP contribution is -2.39. The zero-order chi connectivity index (χ0) is 26.1. The van der Waals surface area contributed by atoms with Crippen molar-refractivity contribution >= 4 is 23.1 Å². The van der Waals surface area contributed by atoms with Crippen LogP contribution < -0.4 is 9.47 Å². The van der Waals surface area contributed by atoms with Crippen LogP contribution in [0, 0.1) is 0 Å². The van der Waals surface area contributed by atoms with Crippen LogP contribution in [0.3, 0.4) is 0 Å². The SMILES string of the molecule is CCOc1nn(CCO)c2c1/C=C/c1[nH]nc3ccc(cc13)-c1cnn(C)c1OC(C)CN(C(C)C)C2. The first-order valence-electron chi connectivity index (χ1n) is 12.8. The first-order chi connectivity index (χ1) is 17.9. The molecule has 0 spiro atoms. The number of aliphatic hydroxyl groups is 1. The Morgan fingerprint density at radius 2 is 2.11 bits per heavy atom. The predicted octanol–water partition coefficient (Wildman–Crippen LogP) is 3.71. The molecule has 0 saturated heterocycles. The molecule has 0 fully saturated rings. The van der Waals surface area contributed by atoms with E-state index < -0.39 is 0 Å². The van der Waals surface area contributed by atoms with Crippen molar-refractivity contribution in [2.45, 2.75) is 52.9 Å². The number of H-pyrrole nitrogens is 1. The molecule has 0 radical (unpaired) electrons. The molecule has 10 heteroatoms. The topological polar surface area (TPSA) is 106 Å². The molecule has 5 rings (SSSR count). The highest BCUT2D eigenvalue weighted by Gasteiger charge is 2.24.